The molecule has 1 aliphatic carbocycles. The first-order chi connectivity index (χ1) is 10.7. The van der Waals surface area contributed by atoms with Gasteiger partial charge in [0.15, 0.2) is 6.10 Å². The molecule has 1 aliphatic heterocycles. The normalized spacial score (nSPS) is 25.6. The minimum Gasteiger partial charge on any atom is -0.481 e. The zero-order valence-corrected chi connectivity index (χ0v) is 13.2. The van der Waals surface area contributed by atoms with Gasteiger partial charge in [-0.3, -0.25) is 4.79 Å². The van der Waals surface area contributed by atoms with E-state index in [1.165, 1.54) is 25.7 Å². The number of fused-ring (bicyclic) bond motifs is 1. The fraction of sp³-hybridized carbons (Fsp3) is 0.611. The molecular weight excluding hydrogens is 278 g/mol. The van der Waals surface area contributed by atoms with Crippen LogP contribution in [-0.4, -0.2) is 35.1 Å². The van der Waals surface area contributed by atoms with Crippen molar-refractivity contribution in [2.75, 3.05) is 13.1 Å². The Kier molecular flexibility index (Phi) is 4.67. The first-order valence-electron chi connectivity index (χ1n) is 8.32. The van der Waals surface area contributed by atoms with E-state index in [1.807, 2.05) is 30.0 Å². The maximum Gasteiger partial charge on any atom is 0.263 e. The second kappa shape index (κ2) is 6.69. The summed E-state index contributed by atoms with van der Waals surface area (Å²) in [5.74, 6) is 2.12. The molecule has 1 saturated heterocycles. The first-order valence-corrected chi connectivity index (χ1v) is 8.32. The van der Waals surface area contributed by atoms with Gasteiger partial charge >= 0.3 is 0 Å². The number of hydrogen-bond acceptors (Lipinski definition) is 3. The van der Waals surface area contributed by atoms with Crippen LogP contribution in [0.4, 0.5) is 0 Å². The first kappa shape index (κ1) is 15.3. The molecule has 1 saturated carbocycles. The van der Waals surface area contributed by atoms with Crippen molar-refractivity contribution in [2.24, 2.45) is 11.8 Å². The van der Waals surface area contributed by atoms with Gasteiger partial charge in [-0.05, 0) is 49.3 Å². The lowest BCUT2D eigenvalue weighted by molar-refractivity contribution is -0.137. The molecular formula is C18H25NO3. The number of hydrogen-bond donors (Lipinski definition) is 1. The molecule has 3 unspecified atom stereocenters. The maximum absolute atomic E-state index is 12.6. The van der Waals surface area contributed by atoms with Crippen LogP contribution < -0.4 is 4.74 Å². The number of benzene rings is 1. The molecule has 1 N–H and O–H groups in total. The third kappa shape index (κ3) is 3.27. The van der Waals surface area contributed by atoms with Crippen molar-refractivity contribution < 1.29 is 14.6 Å². The van der Waals surface area contributed by atoms with Gasteiger partial charge in [0, 0.05) is 13.1 Å². The molecule has 4 heteroatoms. The Bertz CT molecular complexity index is 517. The van der Waals surface area contributed by atoms with Crippen LogP contribution >= 0.6 is 0 Å². The number of ether oxygens (including phenoxy) is 1. The highest BCUT2D eigenvalue weighted by Crippen LogP contribution is 2.36. The van der Waals surface area contributed by atoms with Crippen molar-refractivity contribution in [2.45, 2.75) is 45.3 Å². The van der Waals surface area contributed by atoms with Crippen LogP contribution in [0.25, 0.3) is 0 Å². The highest BCUT2D eigenvalue weighted by Gasteiger charge is 2.37. The second-order valence-corrected chi connectivity index (χ2v) is 6.61. The average Bonchev–Trinajstić information content (AvgIpc) is 2.98. The molecule has 0 spiro atoms. The molecule has 120 valence electrons. The van der Waals surface area contributed by atoms with Gasteiger partial charge in [-0.1, -0.05) is 25.0 Å². The number of carbonyl (C=O) groups excluding carboxylic acids is 1. The number of aliphatic hydroxyl groups is 1. The summed E-state index contributed by atoms with van der Waals surface area (Å²) < 4.78 is 5.78. The number of amides is 1. The average molecular weight is 303 g/mol. The van der Waals surface area contributed by atoms with Gasteiger partial charge in [0.2, 0.25) is 0 Å². The Hall–Kier alpha value is -1.55. The molecule has 0 aromatic heterocycles. The second-order valence-electron chi connectivity index (χ2n) is 6.61. The van der Waals surface area contributed by atoms with Gasteiger partial charge in [-0.2, -0.15) is 0 Å². The Morgan fingerprint density at radius 3 is 2.64 bits per heavy atom. The van der Waals surface area contributed by atoms with E-state index in [9.17, 15) is 4.79 Å². The number of rotatable bonds is 4. The van der Waals surface area contributed by atoms with Crippen molar-refractivity contribution >= 4 is 5.91 Å². The van der Waals surface area contributed by atoms with Gasteiger partial charge in [0.25, 0.3) is 5.91 Å². The van der Waals surface area contributed by atoms with Crippen LogP contribution in [-0.2, 0) is 11.4 Å². The molecule has 1 aromatic carbocycles. The monoisotopic (exact) mass is 303 g/mol. The smallest absolute Gasteiger partial charge is 0.263 e. The Labute approximate surface area is 132 Å². The summed E-state index contributed by atoms with van der Waals surface area (Å²) in [6.07, 6.45) is 4.67. The molecule has 3 atom stereocenters. The number of aliphatic hydroxyl groups excluding tert-OH is 1. The van der Waals surface area contributed by atoms with Crippen LogP contribution in [0.3, 0.4) is 0 Å². The summed E-state index contributed by atoms with van der Waals surface area (Å²) in [6.45, 7) is 3.59. The van der Waals surface area contributed by atoms with E-state index in [2.05, 4.69) is 0 Å². The van der Waals surface area contributed by atoms with Gasteiger partial charge in [-0.15, -0.1) is 0 Å². The molecule has 1 aromatic rings. The molecule has 0 bridgehead atoms. The van der Waals surface area contributed by atoms with Gasteiger partial charge in [-0.25, -0.2) is 0 Å². The van der Waals surface area contributed by atoms with E-state index in [1.54, 1.807) is 6.07 Å². The molecule has 4 nitrogen and oxygen atoms in total. The third-order valence-electron chi connectivity index (χ3n) is 5.03. The molecule has 22 heavy (non-hydrogen) atoms. The Morgan fingerprint density at radius 2 is 2.00 bits per heavy atom. The van der Waals surface area contributed by atoms with Crippen molar-refractivity contribution in [3.63, 3.8) is 0 Å². The molecule has 0 radical (unpaired) electrons. The summed E-state index contributed by atoms with van der Waals surface area (Å²) in [4.78, 5) is 14.6. The molecule has 1 heterocycles. The van der Waals surface area contributed by atoms with Crippen molar-refractivity contribution in [3.8, 4) is 5.75 Å². The fourth-order valence-corrected chi connectivity index (χ4v) is 3.81. The van der Waals surface area contributed by atoms with Crippen LogP contribution in [0, 0.1) is 11.8 Å². The summed E-state index contributed by atoms with van der Waals surface area (Å²) in [6, 6.07) is 7.28. The molecule has 3 rings (SSSR count). The molecule has 2 fully saturated rings. The van der Waals surface area contributed by atoms with Crippen molar-refractivity contribution in [3.05, 3.63) is 29.8 Å². The topological polar surface area (TPSA) is 49.8 Å². The fourth-order valence-electron chi connectivity index (χ4n) is 3.81. The van der Waals surface area contributed by atoms with Crippen molar-refractivity contribution in [1.29, 1.82) is 0 Å². The number of carbonyl (C=O) groups is 1. The minimum absolute atomic E-state index is 0.0188. The predicted molar refractivity (Wildman–Crippen MR) is 84.5 cm³/mol. The van der Waals surface area contributed by atoms with E-state index in [-0.39, 0.29) is 12.5 Å². The Balaban J connectivity index is 1.59. The highest BCUT2D eigenvalue weighted by molar-refractivity contribution is 5.81. The van der Waals surface area contributed by atoms with E-state index in [4.69, 9.17) is 9.84 Å². The lowest BCUT2D eigenvalue weighted by Gasteiger charge is -2.22. The van der Waals surface area contributed by atoms with Crippen LogP contribution in [0.1, 0.15) is 38.2 Å². The molecule has 1 amide bonds. The predicted octanol–water partition coefficient (Wildman–Crippen LogP) is 2.59. The largest absolute Gasteiger partial charge is 0.481 e. The lowest BCUT2D eigenvalue weighted by Crippen LogP contribution is -2.39. The summed E-state index contributed by atoms with van der Waals surface area (Å²) in [7, 11) is 0. The Morgan fingerprint density at radius 1 is 1.32 bits per heavy atom. The van der Waals surface area contributed by atoms with Crippen LogP contribution in [0.15, 0.2) is 24.3 Å². The van der Waals surface area contributed by atoms with E-state index in [0.29, 0.717) is 17.6 Å². The van der Waals surface area contributed by atoms with Crippen LogP contribution in [0.2, 0.25) is 0 Å². The van der Waals surface area contributed by atoms with Gasteiger partial charge < -0.3 is 14.7 Å². The van der Waals surface area contributed by atoms with Gasteiger partial charge in [0.05, 0.1) is 6.61 Å². The van der Waals surface area contributed by atoms with Crippen LogP contribution in [0.5, 0.6) is 5.75 Å². The van der Waals surface area contributed by atoms with E-state index >= 15 is 0 Å². The standard InChI is InChI=1S/C18H25NO3/c1-13(22-17-8-4-5-14(9-17)12-20)18(21)19-10-15-6-2-3-7-16(15)11-19/h4-5,8-9,13,15-16,20H,2-3,6-7,10-12H2,1H3. The lowest BCUT2D eigenvalue weighted by atomic mass is 9.82. The van der Waals surface area contributed by atoms with Crippen molar-refractivity contribution in [1.82, 2.24) is 4.90 Å². The third-order valence-corrected chi connectivity index (χ3v) is 5.03. The zero-order chi connectivity index (χ0) is 15.5. The highest BCUT2D eigenvalue weighted by atomic mass is 16.5. The summed E-state index contributed by atoms with van der Waals surface area (Å²) in [5.41, 5.74) is 0.796. The van der Waals surface area contributed by atoms with E-state index < -0.39 is 6.10 Å². The zero-order valence-electron chi connectivity index (χ0n) is 13.2. The summed E-state index contributed by atoms with van der Waals surface area (Å²) >= 11 is 0. The minimum atomic E-state index is -0.478. The number of likely N-dealkylation sites (tertiary alicyclic amines) is 1. The van der Waals surface area contributed by atoms with E-state index in [0.717, 1.165) is 18.7 Å². The number of nitrogens with zero attached hydrogens (tertiary/aromatic N) is 1. The summed E-state index contributed by atoms with van der Waals surface area (Å²) in [5, 5.41) is 9.17. The quantitative estimate of drug-likeness (QED) is 0.930. The van der Waals surface area contributed by atoms with Gasteiger partial charge in [0.1, 0.15) is 5.75 Å². The molecule has 2 aliphatic rings. The SMILES string of the molecule is CC(Oc1cccc(CO)c1)C(=O)N1CC2CCCCC2C1. The maximum atomic E-state index is 12.6.